The summed E-state index contributed by atoms with van der Waals surface area (Å²) in [6, 6.07) is 15.7. The molecule has 0 spiro atoms. The van der Waals surface area contributed by atoms with Crippen molar-refractivity contribution in [3.8, 4) is 28.4 Å². The van der Waals surface area contributed by atoms with Gasteiger partial charge in [0.15, 0.2) is 5.82 Å². The molecule has 3 heterocycles. The van der Waals surface area contributed by atoms with E-state index >= 15 is 0 Å². The highest BCUT2D eigenvalue weighted by Crippen LogP contribution is 2.35. The number of anilines is 1. The molecule has 1 aliphatic heterocycles. The van der Waals surface area contributed by atoms with Crippen LogP contribution in [0.3, 0.4) is 0 Å². The zero-order valence-corrected chi connectivity index (χ0v) is 20.7. The molecule has 0 saturated carbocycles. The third kappa shape index (κ3) is 5.61. The molecule has 9 nitrogen and oxygen atoms in total. The van der Waals surface area contributed by atoms with Crippen LogP contribution in [0.4, 0.5) is 10.3 Å². The Labute approximate surface area is 214 Å². The maximum absolute atomic E-state index is 13.6. The minimum absolute atomic E-state index is 0.247. The van der Waals surface area contributed by atoms with Crippen molar-refractivity contribution in [2.75, 3.05) is 32.2 Å². The summed E-state index contributed by atoms with van der Waals surface area (Å²) in [5.74, 6) is 1.43. The molecule has 4 aromatic rings. The molecule has 37 heavy (non-hydrogen) atoms. The van der Waals surface area contributed by atoms with E-state index in [4.69, 9.17) is 29.9 Å². The predicted octanol–water partition coefficient (Wildman–Crippen LogP) is 4.30. The molecule has 0 aliphatic carbocycles. The van der Waals surface area contributed by atoms with Crippen molar-refractivity contribution in [1.82, 2.24) is 19.9 Å². The maximum atomic E-state index is 13.6. The van der Waals surface area contributed by atoms with Gasteiger partial charge in [-0.25, -0.2) is 19.3 Å². The van der Waals surface area contributed by atoms with Crippen molar-refractivity contribution in [2.45, 2.75) is 19.8 Å². The molecule has 2 aromatic heterocycles. The van der Waals surface area contributed by atoms with E-state index in [-0.39, 0.29) is 11.2 Å². The number of nitrogens with one attached hydrogen (secondary N) is 2. The van der Waals surface area contributed by atoms with Crippen molar-refractivity contribution < 1.29 is 18.6 Å². The molecule has 0 amide bonds. The molecular weight excluding hydrogens is 475 g/mol. The third-order valence-electron chi connectivity index (χ3n) is 6.24. The van der Waals surface area contributed by atoms with Gasteiger partial charge in [-0.1, -0.05) is 19.1 Å². The van der Waals surface area contributed by atoms with Gasteiger partial charge in [0.2, 0.25) is 12.2 Å². The molecule has 0 radical (unpaired) electrons. The highest BCUT2D eigenvalue weighted by molar-refractivity contribution is 5.77. The lowest BCUT2D eigenvalue weighted by molar-refractivity contribution is -0.231. The van der Waals surface area contributed by atoms with Gasteiger partial charge in [-0.05, 0) is 48.0 Å². The average molecular weight is 505 g/mol. The van der Waals surface area contributed by atoms with E-state index in [1.807, 2.05) is 31.2 Å². The summed E-state index contributed by atoms with van der Waals surface area (Å²) < 4.78 is 30.7. The molecule has 10 heteroatoms. The number of halogens is 1. The number of methoxy groups -OCH3 is 1. The molecule has 0 atom stereocenters. The Morgan fingerprint density at radius 3 is 2.49 bits per heavy atom. The molecule has 0 unspecified atom stereocenters. The SMILES string of the molecule is COc1ccc(CNc2nccc(-c3[nH]c(C4OCC(C)(CN)CO4)nc3-c3ccc(F)cc3)n2)cc1. The van der Waals surface area contributed by atoms with Gasteiger partial charge >= 0.3 is 0 Å². The third-order valence-corrected chi connectivity index (χ3v) is 6.24. The number of hydrogen-bond acceptors (Lipinski definition) is 8. The normalized spacial score (nSPS) is 19.5. The molecule has 0 bridgehead atoms. The summed E-state index contributed by atoms with van der Waals surface area (Å²) in [6.07, 6.45) is 0.996. The van der Waals surface area contributed by atoms with E-state index in [0.717, 1.165) is 16.9 Å². The van der Waals surface area contributed by atoms with Crippen LogP contribution in [0.25, 0.3) is 22.6 Å². The largest absolute Gasteiger partial charge is 0.497 e. The van der Waals surface area contributed by atoms with Crippen molar-refractivity contribution in [1.29, 1.82) is 0 Å². The number of benzene rings is 2. The molecule has 1 saturated heterocycles. The quantitative estimate of drug-likeness (QED) is 0.325. The second kappa shape index (κ2) is 10.6. The minimum atomic E-state index is -0.679. The first-order valence-corrected chi connectivity index (χ1v) is 12.0. The number of rotatable bonds is 8. The lowest BCUT2D eigenvalue weighted by Crippen LogP contribution is -2.42. The van der Waals surface area contributed by atoms with E-state index in [0.29, 0.717) is 55.2 Å². The van der Waals surface area contributed by atoms with Gasteiger partial charge in [0.1, 0.15) is 11.6 Å². The first kappa shape index (κ1) is 24.8. The predicted molar refractivity (Wildman–Crippen MR) is 137 cm³/mol. The van der Waals surface area contributed by atoms with Crippen molar-refractivity contribution in [3.05, 3.63) is 78.0 Å². The average Bonchev–Trinajstić information content (AvgIpc) is 3.39. The van der Waals surface area contributed by atoms with E-state index in [1.165, 1.54) is 12.1 Å². The zero-order valence-electron chi connectivity index (χ0n) is 20.7. The summed E-state index contributed by atoms with van der Waals surface area (Å²) >= 11 is 0. The standard InChI is InChI=1S/C27H29FN6O3/c1-27(14-29)15-36-25(37-16-27)24-33-22(18-5-7-19(28)8-6-18)23(34-24)21-11-12-30-26(32-21)31-13-17-3-9-20(35-2)10-4-17/h3-12,25H,13-16,29H2,1-2H3,(H,33,34)(H,30,31,32). The van der Waals surface area contributed by atoms with Gasteiger partial charge in [-0.15, -0.1) is 0 Å². The van der Waals surface area contributed by atoms with Crippen LogP contribution in [0.5, 0.6) is 5.75 Å². The van der Waals surface area contributed by atoms with Crippen LogP contribution < -0.4 is 15.8 Å². The van der Waals surface area contributed by atoms with E-state index in [1.54, 1.807) is 31.5 Å². The molecule has 1 fully saturated rings. The van der Waals surface area contributed by atoms with E-state index in [2.05, 4.69) is 15.3 Å². The Morgan fingerprint density at radius 1 is 1.08 bits per heavy atom. The molecular formula is C27H29FN6O3. The maximum Gasteiger partial charge on any atom is 0.223 e. The highest BCUT2D eigenvalue weighted by Gasteiger charge is 2.34. The Hall–Kier alpha value is -3.86. The van der Waals surface area contributed by atoms with Gasteiger partial charge in [0.25, 0.3) is 0 Å². The lowest BCUT2D eigenvalue weighted by Gasteiger charge is -2.35. The number of aromatic amines is 1. The molecule has 5 rings (SSSR count). The van der Waals surface area contributed by atoms with Crippen molar-refractivity contribution in [2.24, 2.45) is 11.1 Å². The minimum Gasteiger partial charge on any atom is -0.497 e. The fourth-order valence-electron chi connectivity index (χ4n) is 3.93. The number of H-pyrrole nitrogens is 1. The zero-order chi connectivity index (χ0) is 25.8. The van der Waals surface area contributed by atoms with Crippen LogP contribution in [0.15, 0.2) is 60.8 Å². The van der Waals surface area contributed by atoms with Gasteiger partial charge in [-0.2, -0.15) is 0 Å². The van der Waals surface area contributed by atoms with Crippen LogP contribution in [-0.4, -0.2) is 46.8 Å². The summed E-state index contributed by atoms with van der Waals surface area (Å²) in [6.45, 7) is 3.90. The van der Waals surface area contributed by atoms with Crippen LogP contribution in [-0.2, 0) is 16.0 Å². The Balaban J connectivity index is 1.43. The second-order valence-corrected chi connectivity index (χ2v) is 9.29. The van der Waals surface area contributed by atoms with E-state index in [9.17, 15) is 4.39 Å². The van der Waals surface area contributed by atoms with Crippen molar-refractivity contribution in [3.63, 3.8) is 0 Å². The Kier molecular flexibility index (Phi) is 7.13. The van der Waals surface area contributed by atoms with Crippen LogP contribution in [0.2, 0.25) is 0 Å². The number of imidazole rings is 1. The summed E-state index contributed by atoms with van der Waals surface area (Å²) in [7, 11) is 1.64. The number of nitrogens with zero attached hydrogens (tertiary/aromatic N) is 3. The van der Waals surface area contributed by atoms with Crippen LogP contribution in [0.1, 0.15) is 24.6 Å². The van der Waals surface area contributed by atoms with Crippen molar-refractivity contribution >= 4 is 5.95 Å². The lowest BCUT2D eigenvalue weighted by atomic mass is 9.93. The molecule has 4 N–H and O–H groups in total. The first-order chi connectivity index (χ1) is 18.0. The molecule has 192 valence electrons. The summed E-state index contributed by atoms with van der Waals surface area (Å²) in [5.41, 5.74) is 9.28. The van der Waals surface area contributed by atoms with Gasteiger partial charge < -0.3 is 30.2 Å². The fourth-order valence-corrected chi connectivity index (χ4v) is 3.93. The smallest absolute Gasteiger partial charge is 0.223 e. The number of nitrogens with two attached hydrogens (primary N) is 1. The van der Waals surface area contributed by atoms with Crippen LogP contribution in [0, 0.1) is 11.2 Å². The number of ether oxygens (including phenoxy) is 3. The monoisotopic (exact) mass is 504 g/mol. The van der Waals surface area contributed by atoms with Crippen LogP contribution >= 0.6 is 0 Å². The molecule has 2 aromatic carbocycles. The second-order valence-electron chi connectivity index (χ2n) is 9.29. The highest BCUT2D eigenvalue weighted by atomic mass is 19.1. The summed E-state index contributed by atoms with van der Waals surface area (Å²) in [4.78, 5) is 17.2. The fraction of sp³-hybridized carbons (Fsp3) is 0.296. The first-order valence-electron chi connectivity index (χ1n) is 12.0. The van der Waals surface area contributed by atoms with Gasteiger partial charge in [-0.3, -0.25) is 0 Å². The molecule has 1 aliphatic rings. The number of aromatic nitrogens is 4. The van der Waals surface area contributed by atoms with Gasteiger partial charge in [0.05, 0.1) is 37.4 Å². The Morgan fingerprint density at radius 2 is 1.81 bits per heavy atom. The number of hydrogen-bond donors (Lipinski definition) is 3. The Bertz CT molecular complexity index is 1340. The van der Waals surface area contributed by atoms with Gasteiger partial charge in [0, 0.05) is 30.3 Å². The summed E-state index contributed by atoms with van der Waals surface area (Å²) in [5, 5.41) is 3.25. The topological polar surface area (TPSA) is 120 Å². The van der Waals surface area contributed by atoms with E-state index < -0.39 is 6.29 Å².